The molecule has 0 radical (unpaired) electrons. The molecule has 0 heterocycles. The summed E-state index contributed by atoms with van der Waals surface area (Å²) in [6.45, 7) is 0. The van der Waals surface area contributed by atoms with Crippen molar-refractivity contribution in [2.24, 2.45) is 0 Å². The zero-order valence-electron chi connectivity index (χ0n) is 4.67. The summed E-state index contributed by atoms with van der Waals surface area (Å²) in [6.07, 6.45) is 0. The first-order valence-corrected chi connectivity index (χ1v) is 6.12. The molecule has 0 saturated heterocycles. The van der Waals surface area contributed by atoms with Gasteiger partial charge in [-0.15, -0.1) is 0 Å². The van der Waals surface area contributed by atoms with Gasteiger partial charge < -0.3 is 0 Å². The average Bonchev–Trinajstić information content (AvgIpc) is 0.811. The number of rotatable bonds is 0. The molecule has 7 heteroatoms. The Hall–Kier alpha value is 4.09. The summed E-state index contributed by atoms with van der Waals surface area (Å²) in [4.78, 5) is 0. The van der Waals surface area contributed by atoms with Crippen LogP contribution in [0, 0.1) is 0 Å². The quantitative estimate of drug-likeness (QED) is 0.319. The number of hydrogen-bond acceptors (Lipinski definition) is 3. The fraction of sp³-hybridized carbons (Fsp3) is 0. The van der Waals surface area contributed by atoms with E-state index >= 15 is 0 Å². The molecule has 0 saturated carbocycles. The normalized spacial score (nSPS) is 5.14. The van der Waals surface area contributed by atoms with E-state index < -0.39 is 19.6 Å². The van der Waals surface area contributed by atoms with Crippen LogP contribution in [0.2, 0.25) is 0 Å². The van der Waals surface area contributed by atoms with Crippen molar-refractivity contribution in [1.29, 1.82) is 0 Å². The van der Waals surface area contributed by atoms with Gasteiger partial charge in [-0.25, -0.2) is 0 Å². The van der Waals surface area contributed by atoms with Gasteiger partial charge in [0.25, 0.3) is 0 Å². The molecule has 0 aliphatic carbocycles. The molecule has 0 aromatic rings. The van der Waals surface area contributed by atoms with Crippen molar-refractivity contribution in [2.75, 3.05) is 0 Å². The first-order valence-electron chi connectivity index (χ1n) is 0.548. The van der Waals surface area contributed by atoms with Crippen molar-refractivity contribution in [2.45, 2.75) is 0 Å². The van der Waals surface area contributed by atoms with Gasteiger partial charge >= 0.3 is 125 Å². The molecule has 0 rings (SSSR count). The summed E-state index contributed by atoms with van der Waals surface area (Å²) in [6, 6.07) is 0. The summed E-state index contributed by atoms with van der Waals surface area (Å²) < 4.78 is 17.9. The Labute approximate surface area is 122 Å². The topological polar surface area (TPSA) is 46.1 Å². The second kappa shape index (κ2) is 16.6. The van der Waals surface area contributed by atoms with Crippen LogP contribution in [0.25, 0.3) is 0 Å². The molecular formula is Na3O2SSb. The summed E-state index contributed by atoms with van der Waals surface area (Å²) in [5, 5.41) is 0. The van der Waals surface area contributed by atoms with E-state index in [1.807, 2.05) is 0 Å². The van der Waals surface area contributed by atoms with E-state index in [0.717, 1.165) is 0 Å². The van der Waals surface area contributed by atoms with Gasteiger partial charge in [-0.2, -0.15) is 0 Å². The van der Waals surface area contributed by atoms with Crippen LogP contribution in [0.1, 0.15) is 0 Å². The van der Waals surface area contributed by atoms with Crippen LogP contribution >= 0.6 is 0 Å². The van der Waals surface area contributed by atoms with E-state index in [0.29, 0.717) is 0 Å². The molecular weight excluding hydrogens is 255 g/mol. The van der Waals surface area contributed by atoms with E-state index in [1.54, 1.807) is 0 Å². The molecule has 0 amide bonds. The third-order valence-electron chi connectivity index (χ3n) is 0. The summed E-state index contributed by atoms with van der Waals surface area (Å²) in [5.41, 5.74) is 0. The average molecular weight is 255 g/mol. The Morgan fingerprint density at radius 1 is 1.00 bits per heavy atom. The molecule has 0 aromatic carbocycles. The third-order valence-corrected chi connectivity index (χ3v) is 0. The molecule has 0 fully saturated rings. The van der Waals surface area contributed by atoms with Crippen LogP contribution in [0.15, 0.2) is 0 Å². The predicted molar refractivity (Wildman–Crippen MR) is 13.1 cm³/mol. The zero-order valence-corrected chi connectivity index (χ0v) is 14.0. The fourth-order valence-electron chi connectivity index (χ4n) is 0. The molecule has 0 aliphatic rings. The molecule has 0 unspecified atom stereocenters. The van der Waals surface area contributed by atoms with Gasteiger partial charge in [0, 0.05) is 0 Å². The van der Waals surface area contributed by atoms with E-state index in [9.17, 15) is 0 Å². The SMILES string of the molecule is [Na+].[Na+].[Na+].[O-][Sb]([O-])[S-]. The molecule has 0 N–H and O–H groups in total. The molecule has 26 valence electrons. The van der Waals surface area contributed by atoms with Crippen LogP contribution in [-0.4, -0.2) is 19.6 Å². The van der Waals surface area contributed by atoms with Gasteiger partial charge in [-0.05, 0) is 0 Å². The fourth-order valence-corrected chi connectivity index (χ4v) is 0. The molecule has 0 bridgehead atoms. The van der Waals surface area contributed by atoms with Gasteiger partial charge in [0.15, 0.2) is 0 Å². The summed E-state index contributed by atoms with van der Waals surface area (Å²) in [5.74, 6) is 0. The van der Waals surface area contributed by atoms with E-state index in [2.05, 4.69) is 9.72 Å². The third kappa shape index (κ3) is 39.5. The Balaban J connectivity index is -0.0000000150. The Morgan fingerprint density at radius 2 is 1.00 bits per heavy atom. The minimum atomic E-state index is -3.37. The summed E-state index contributed by atoms with van der Waals surface area (Å²) >= 11 is -3.37. The maximum atomic E-state index is 8.97. The van der Waals surface area contributed by atoms with Crippen molar-refractivity contribution >= 4 is 29.4 Å². The zero-order chi connectivity index (χ0) is 3.58. The van der Waals surface area contributed by atoms with Gasteiger partial charge in [0.05, 0.1) is 0 Å². The van der Waals surface area contributed by atoms with Crippen LogP contribution in [-0.2, 0) is 9.72 Å². The van der Waals surface area contributed by atoms with E-state index in [4.69, 9.17) is 6.77 Å². The first-order chi connectivity index (χ1) is 1.73. The Morgan fingerprint density at radius 3 is 1.00 bits per heavy atom. The maximum absolute atomic E-state index is 8.97. The van der Waals surface area contributed by atoms with Gasteiger partial charge in [-0.3, -0.25) is 0 Å². The Kier molecular flexibility index (Phi) is 53.2. The van der Waals surface area contributed by atoms with Crippen molar-refractivity contribution < 1.29 is 95.4 Å². The van der Waals surface area contributed by atoms with Gasteiger partial charge in [-0.1, -0.05) is 0 Å². The van der Waals surface area contributed by atoms with Gasteiger partial charge in [0.1, 0.15) is 0 Å². The minimum absolute atomic E-state index is 0. The molecule has 0 aromatic heterocycles. The predicted octanol–water partition coefficient (Wildman–Crippen LogP) is -11.7. The van der Waals surface area contributed by atoms with Gasteiger partial charge in [0.2, 0.25) is 0 Å². The van der Waals surface area contributed by atoms with Crippen molar-refractivity contribution in [3.05, 3.63) is 0 Å². The van der Waals surface area contributed by atoms with Crippen molar-refractivity contribution in [3.63, 3.8) is 0 Å². The summed E-state index contributed by atoms with van der Waals surface area (Å²) in [7, 11) is 3.69. The molecule has 0 atom stereocenters. The van der Waals surface area contributed by atoms with Crippen LogP contribution in [0.4, 0.5) is 0 Å². The first kappa shape index (κ1) is 22.5. The van der Waals surface area contributed by atoms with Crippen LogP contribution in [0.3, 0.4) is 0 Å². The molecule has 2 nitrogen and oxygen atoms in total. The second-order valence-electron chi connectivity index (χ2n) is 0.224. The van der Waals surface area contributed by atoms with Crippen LogP contribution in [0.5, 0.6) is 0 Å². The van der Waals surface area contributed by atoms with Crippen molar-refractivity contribution in [1.82, 2.24) is 0 Å². The second-order valence-corrected chi connectivity index (χ2v) is 3.50. The van der Waals surface area contributed by atoms with Crippen LogP contribution < -0.4 is 95.4 Å². The van der Waals surface area contributed by atoms with E-state index in [1.165, 1.54) is 0 Å². The standard InChI is InChI=1S/3Na.2O.S.Sb/q3*+1;3*-1;. The monoisotopic (exact) mass is 254 g/mol. The molecule has 0 spiro atoms. The van der Waals surface area contributed by atoms with Crippen molar-refractivity contribution in [3.8, 4) is 0 Å². The van der Waals surface area contributed by atoms with E-state index in [-0.39, 0.29) is 88.7 Å². The Bertz CT molecular complexity index is 17.7. The number of hydrogen-bond donors (Lipinski definition) is 0. The molecule has 7 heavy (non-hydrogen) atoms. The molecule has 0 aliphatic heterocycles.